The van der Waals surface area contributed by atoms with Gasteiger partial charge in [0.1, 0.15) is 18.0 Å². The summed E-state index contributed by atoms with van der Waals surface area (Å²) in [7, 11) is 4.08. The van der Waals surface area contributed by atoms with E-state index in [9.17, 15) is 0 Å². The van der Waals surface area contributed by atoms with Crippen molar-refractivity contribution < 1.29 is 0 Å². The molecule has 1 atom stereocenters. The number of rotatable bonds is 4. The van der Waals surface area contributed by atoms with Crippen molar-refractivity contribution in [2.45, 2.75) is 32.2 Å². The zero-order valence-electron chi connectivity index (χ0n) is 11.5. The van der Waals surface area contributed by atoms with Gasteiger partial charge in [-0.15, -0.1) is 0 Å². The molecule has 2 N–H and O–H groups in total. The molecule has 1 saturated heterocycles. The van der Waals surface area contributed by atoms with E-state index in [-0.39, 0.29) is 0 Å². The van der Waals surface area contributed by atoms with Crippen LogP contribution in [-0.4, -0.2) is 48.1 Å². The Morgan fingerprint density at radius 2 is 2.17 bits per heavy atom. The van der Waals surface area contributed by atoms with Gasteiger partial charge < -0.3 is 15.5 Å². The van der Waals surface area contributed by atoms with E-state index < -0.39 is 0 Å². The summed E-state index contributed by atoms with van der Waals surface area (Å²) in [4.78, 5) is 11.0. The van der Waals surface area contributed by atoms with E-state index in [1.807, 2.05) is 7.05 Å². The van der Waals surface area contributed by atoms with Crippen molar-refractivity contribution >= 4 is 11.6 Å². The molecule has 0 saturated carbocycles. The number of likely N-dealkylation sites (tertiary alicyclic amines) is 1. The van der Waals surface area contributed by atoms with Crippen molar-refractivity contribution in [2.24, 2.45) is 0 Å². The number of likely N-dealkylation sites (N-methyl/N-ethyl adjacent to an activating group) is 1. The van der Waals surface area contributed by atoms with E-state index in [2.05, 4.69) is 39.5 Å². The molecule has 1 aliphatic heterocycles. The summed E-state index contributed by atoms with van der Waals surface area (Å²) in [5.74, 6) is 1.91. The Labute approximate surface area is 109 Å². The van der Waals surface area contributed by atoms with Crippen LogP contribution in [0, 0.1) is 0 Å². The maximum Gasteiger partial charge on any atom is 0.134 e. The number of hydrogen-bond donors (Lipinski definition) is 2. The number of nitrogens with zero attached hydrogens (tertiary/aromatic N) is 3. The Morgan fingerprint density at radius 1 is 1.39 bits per heavy atom. The van der Waals surface area contributed by atoms with Gasteiger partial charge in [0, 0.05) is 25.2 Å². The highest BCUT2D eigenvalue weighted by Crippen LogP contribution is 2.22. The average molecular weight is 249 g/mol. The molecule has 1 unspecified atom stereocenters. The van der Waals surface area contributed by atoms with Crippen LogP contribution >= 0.6 is 0 Å². The smallest absolute Gasteiger partial charge is 0.134 e. The van der Waals surface area contributed by atoms with Gasteiger partial charge in [-0.2, -0.15) is 0 Å². The van der Waals surface area contributed by atoms with Crippen LogP contribution in [0.25, 0.3) is 0 Å². The summed E-state index contributed by atoms with van der Waals surface area (Å²) in [5.41, 5.74) is 1.17. The molecule has 1 aromatic heterocycles. The number of anilines is 2. The monoisotopic (exact) mass is 249 g/mol. The van der Waals surface area contributed by atoms with Crippen LogP contribution in [0.15, 0.2) is 6.33 Å². The summed E-state index contributed by atoms with van der Waals surface area (Å²) in [5, 5.41) is 6.70. The average Bonchev–Trinajstić information content (AvgIpc) is 2.38. The fourth-order valence-electron chi connectivity index (χ4n) is 2.56. The molecule has 1 fully saturated rings. The molecule has 0 amide bonds. The van der Waals surface area contributed by atoms with E-state index >= 15 is 0 Å². The van der Waals surface area contributed by atoms with E-state index in [0.717, 1.165) is 24.6 Å². The summed E-state index contributed by atoms with van der Waals surface area (Å²) in [6, 6.07) is 0.494. The normalized spacial score (nSPS) is 20.7. The molecular formula is C13H23N5. The highest BCUT2D eigenvalue weighted by atomic mass is 15.2. The molecule has 1 aromatic rings. The first-order valence-electron chi connectivity index (χ1n) is 6.71. The predicted molar refractivity (Wildman–Crippen MR) is 75.1 cm³/mol. The Kier molecular flexibility index (Phi) is 4.36. The number of piperidine rings is 1. The van der Waals surface area contributed by atoms with Crippen LogP contribution in [0.2, 0.25) is 0 Å². The largest absolute Gasteiger partial charge is 0.373 e. The number of hydrogen-bond acceptors (Lipinski definition) is 5. The van der Waals surface area contributed by atoms with Crippen molar-refractivity contribution in [1.82, 2.24) is 14.9 Å². The van der Waals surface area contributed by atoms with Gasteiger partial charge in [0.15, 0.2) is 0 Å². The summed E-state index contributed by atoms with van der Waals surface area (Å²) >= 11 is 0. The lowest BCUT2D eigenvalue weighted by molar-refractivity contribution is 0.260. The lowest BCUT2D eigenvalue weighted by Gasteiger charge is -2.31. The van der Waals surface area contributed by atoms with Gasteiger partial charge in [-0.05, 0) is 32.9 Å². The molecule has 0 bridgehead atoms. The Bertz CT molecular complexity index is 393. The van der Waals surface area contributed by atoms with Gasteiger partial charge in [0.2, 0.25) is 0 Å². The second kappa shape index (κ2) is 6.00. The van der Waals surface area contributed by atoms with Gasteiger partial charge in [0.05, 0.1) is 0 Å². The van der Waals surface area contributed by atoms with Crippen molar-refractivity contribution in [3.63, 3.8) is 0 Å². The number of nitrogens with one attached hydrogen (secondary N) is 2. The minimum absolute atomic E-state index is 0.494. The molecule has 0 radical (unpaired) electrons. The third kappa shape index (κ3) is 2.90. The fraction of sp³-hybridized carbons (Fsp3) is 0.692. The maximum absolute atomic E-state index is 4.40. The predicted octanol–water partition coefficient (Wildman–Crippen LogP) is 1.59. The van der Waals surface area contributed by atoms with E-state index in [1.54, 1.807) is 6.33 Å². The lowest BCUT2D eigenvalue weighted by Crippen LogP contribution is -2.40. The van der Waals surface area contributed by atoms with E-state index in [0.29, 0.717) is 6.04 Å². The summed E-state index contributed by atoms with van der Waals surface area (Å²) in [6.07, 6.45) is 5.02. The second-order valence-corrected chi connectivity index (χ2v) is 4.90. The van der Waals surface area contributed by atoms with Crippen LogP contribution in [-0.2, 0) is 6.42 Å². The summed E-state index contributed by atoms with van der Waals surface area (Å²) in [6.45, 7) is 4.42. The zero-order chi connectivity index (χ0) is 13.0. The lowest BCUT2D eigenvalue weighted by atomic mass is 10.1. The molecule has 0 aliphatic carbocycles. The van der Waals surface area contributed by atoms with Crippen LogP contribution in [0.1, 0.15) is 25.3 Å². The minimum Gasteiger partial charge on any atom is -0.373 e. The van der Waals surface area contributed by atoms with Crippen molar-refractivity contribution in [2.75, 3.05) is 37.8 Å². The first kappa shape index (κ1) is 13.1. The van der Waals surface area contributed by atoms with Gasteiger partial charge in [-0.3, -0.25) is 0 Å². The maximum atomic E-state index is 4.40. The van der Waals surface area contributed by atoms with E-state index in [4.69, 9.17) is 0 Å². The molecule has 1 aliphatic rings. The third-order valence-electron chi connectivity index (χ3n) is 3.50. The van der Waals surface area contributed by atoms with Gasteiger partial charge in [-0.25, -0.2) is 9.97 Å². The Balaban J connectivity index is 2.12. The van der Waals surface area contributed by atoms with Gasteiger partial charge in [0.25, 0.3) is 0 Å². The summed E-state index contributed by atoms with van der Waals surface area (Å²) < 4.78 is 0. The Hall–Kier alpha value is -1.36. The first-order chi connectivity index (χ1) is 8.74. The van der Waals surface area contributed by atoms with Crippen molar-refractivity contribution in [3.8, 4) is 0 Å². The van der Waals surface area contributed by atoms with Crippen LogP contribution in [0.4, 0.5) is 11.6 Å². The van der Waals surface area contributed by atoms with E-state index in [1.165, 1.54) is 24.9 Å². The fourth-order valence-corrected chi connectivity index (χ4v) is 2.56. The molecule has 2 heterocycles. The molecule has 5 heteroatoms. The first-order valence-corrected chi connectivity index (χ1v) is 6.71. The van der Waals surface area contributed by atoms with Crippen LogP contribution < -0.4 is 10.6 Å². The standard InChI is InChI=1S/C13H23N5/c1-4-11-12(14-2)15-9-16-13(11)17-10-6-5-7-18(3)8-10/h9-10H,4-8H2,1-3H3,(H2,14,15,16,17). The molecule has 5 nitrogen and oxygen atoms in total. The topological polar surface area (TPSA) is 53.1 Å². The molecule has 2 rings (SSSR count). The van der Waals surface area contributed by atoms with Crippen molar-refractivity contribution in [1.29, 1.82) is 0 Å². The quantitative estimate of drug-likeness (QED) is 0.848. The Morgan fingerprint density at radius 3 is 2.83 bits per heavy atom. The van der Waals surface area contributed by atoms with Gasteiger partial charge >= 0.3 is 0 Å². The molecule has 0 aromatic carbocycles. The zero-order valence-corrected chi connectivity index (χ0v) is 11.5. The molecular weight excluding hydrogens is 226 g/mol. The van der Waals surface area contributed by atoms with Gasteiger partial charge in [-0.1, -0.05) is 6.92 Å². The third-order valence-corrected chi connectivity index (χ3v) is 3.50. The van der Waals surface area contributed by atoms with Crippen LogP contribution in [0.3, 0.4) is 0 Å². The van der Waals surface area contributed by atoms with Crippen molar-refractivity contribution in [3.05, 3.63) is 11.9 Å². The molecule has 18 heavy (non-hydrogen) atoms. The minimum atomic E-state index is 0.494. The molecule has 0 spiro atoms. The van der Waals surface area contributed by atoms with Crippen LogP contribution in [0.5, 0.6) is 0 Å². The molecule has 100 valence electrons. The second-order valence-electron chi connectivity index (χ2n) is 4.90. The highest BCUT2D eigenvalue weighted by molar-refractivity contribution is 5.57. The SMILES string of the molecule is CCc1c(NC)ncnc1NC1CCCN(C)C1. The highest BCUT2D eigenvalue weighted by Gasteiger charge is 2.19. The number of aromatic nitrogens is 2.